The number of hydrogen-bond donors (Lipinski definition) is 1. The van der Waals surface area contributed by atoms with Gasteiger partial charge in [-0.05, 0) is 24.3 Å². The maximum Gasteiger partial charge on any atom is 0.416 e. The second kappa shape index (κ2) is 6.73. The van der Waals surface area contributed by atoms with Gasteiger partial charge in [0.1, 0.15) is 0 Å². The highest BCUT2D eigenvalue weighted by atomic mass is 19.4. The molecular weight excluding hydrogens is 283 g/mol. The normalized spacial score (nSPS) is 11.8. The first-order valence-electron chi connectivity index (χ1n) is 6.42. The summed E-state index contributed by atoms with van der Waals surface area (Å²) >= 11 is 0. The van der Waals surface area contributed by atoms with Crippen molar-refractivity contribution in [1.29, 1.82) is 0 Å². The zero-order valence-electron chi connectivity index (χ0n) is 11.5. The summed E-state index contributed by atoms with van der Waals surface area (Å²) in [6.07, 6.45) is -2.71. The van der Waals surface area contributed by atoms with Gasteiger partial charge in [-0.2, -0.15) is 18.3 Å². The molecule has 0 radical (unpaired) electrons. The summed E-state index contributed by atoms with van der Waals surface area (Å²) in [5.74, 6) is 0. The number of methoxy groups -OCH3 is 1. The predicted octanol–water partition coefficient (Wildman–Crippen LogP) is 2.63. The van der Waals surface area contributed by atoms with Gasteiger partial charge in [0.15, 0.2) is 0 Å². The molecule has 1 aromatic heterocycles. The van der Waals surface area contributed by atoms with Gasteiger partial charge >= 0.3 is 6.18 Å². The van der Waals surface area contributed by atoms with Crippen LogP contribution in [0.3, 0.4) is 0 Å². The van der Waals surface area contributed by atoms with Crippen LogP contribution in [0.15, 0.2) is 36.5 Å². The van der Waals surface area contributed by atoms with Crippen LogP contribution in [0.1, 0.15) is 11.3 Å². The van der Waals surface area contributed by atoms with E-state index in [1.165, 1.54) is 10.7 Å². The Kier molecular flexibility index (Phi) is 4.98. The molecule has 0 fully saturated rings. The zero-order chi connectivity index (χ0) is 15.3. The van der Waals surface area contributed by atoms with Crippen molar-refractivity contribution in [3.8, 4) is 5.69 Å². The van der Waals surface area contributed by atoms with Gasteiger partial charge in [0.05, 0.1) is 23.6 Å². The molecule has 0 amide bonds. The van der Waals surface area contributed by atoms with E-state index in [2.05, 4.69) is 10.4 Å². The van der Waals surface area contributed by atoms with Crippen molar-refractivity contribution in [3.05, 3.63) is 47.8 Å². The molecule has 0 saturated carbocycles. The van der Waals surface area contributed by atoms with Crippen LogP contribution in [0.4, 0.5) is 13.2 Å². The second-order valence-corrected chi connectivity index (χ2v) is 4.47. The van der Waals surface area contributed by atoms with Crippen molar-refractivity contribution < 1.29 is 17.9 Å². The number of rotatable bonds is 6. The number of alkyl halides is 3. The Hall–Kier alpha value is -1.86. The average molecular weight is 299 g/mol. The van der Waals surface area contributed by atoms with Gasteiger partial charge in [-0.25, -0.2) is 4.68 Å². The molecule has 0 aliphatic rings. The van der Waals surface area contributed by atoms with Gasteiger partial charge in [-0.3, -0.25) is 0 Å². The second-order valence-electron chi connectivity index (χ2n) is 4.47. The molecule has 0 aliphatic carbocycles. The van der Waals surface area contributed by atoms with Crippen LogP contribution < -0.4 is 5.32 Å². The van der Waals surface area contributed by atoms with Gasteiger partial charge in [-0.1, -0.05) is 6.07 Å². The Morgan fingerprint density at radius 1 is 1.29 bits per heavy atom. The van der Waals surface area contributed by atoms with E-state index in [4.69, 9.17) is 4.74 Å². The number of nitrogens with zero attached hydrogens (tertiary/aromatic N) is 2. The van der Waals surface area contributed by atoms with Crippen molar-refractivity contribution in [2.45, 2.75) is 12.7 Å². The summed E-state index contributed by atoms with van der Waals surface area (Å²) < 4.78 is 44.4. The molecule has 0 bridgehead atoms. The Bertz CT molecular complexity index is 581. The van der Waals surface area contributed by atoms with Gasteiger partial charge in [-0.15, -0.1) is 0 Å². The molecule has 0 saturated heterocycles. The van der Waals surface area contributed by atoms with E-state index in [1.54, 1.807) is 25.4 Å². The molecule has 7 heteroatoms. The van der Waals surface area contributed by atoms with Gasteiger partial charge < -0.3 is 10.1 Å². The fourth-order valence-corrected chi connectivity index (χ4v) is 1.82. The molecule has 2 rings (SSSR count). The first-order chi connectivity index (χ1) is 10.0. The van der Waals surface area contributed by atoms with E-state index in [1.807, 2.05) is 0 Å². The van der Waals surface area contributed by atoms with Crippen LogP contribution in [0.2, 0.25) is 0 Å². The molecule has 4 nitrogen and oxygen atoms in total. The number of ether oxygens (including phenoxy) is 1. The minimum Gasteiger partial charge on any atom is -0.383 e. The van der Waals surface area contributed by atoms with E-state index >= 15 is 0 Å². The maximum absolute atomic E-state index is 12.7. The summed E-state index contributed by atoms with van der Waals surface area (Å²) in [5.41, 5.74) is 0.451. The quantitative estimate of drug-likeness (QED) is 0.833. The Morgan fingerprint density at radius 2 is 2.10 bits per heavy atom. The molecule has 1 heterocycles. The van der Waals surface area contributed by atoms with Crippen LogP contribution in [-0.4, -0.2) is 30.0 Å². The third-order valence-corrected chi connectivity index (χ3v) is 2.87. The van der Waals surface area contributed by atoms with E-state index in [0.29, 0.717) is 25.4 Å². The Balaban J connectivity index is 2.07. The van der Waals surface area contributed by atoms with E-state index in [9.17, 15) is 13.2 Å². The lowest BCUT2D eigenvalue weighted by molar-refractivity contribution is -0.137. The standard InChI is InChI=1S/C14H16F3N3O/c1-21-8-6-18-10-12-5-7-20(19-12)13-4-2-3-11(9-13)14(15,16)17/h2-5,7,9,18H,6,8,10H2,1H3. The van der Waals surface area contributed by atoms with Crippen molar-refractivity contribution >= 4 is 0 Å². The fourth-order valence-electron chi connectivity index (χ4n) is 1.82. The van der Waals surface area contributed by atoms with E-state index in [-0.39, 0.29) is 0 Å². The highest BCUT2D eigenvalue weighted by molar-refractivity contribution is 5.36. The molecule has 0 unspecified atom stereocenters. The monoisotopic (exact) mass is 299 g/mol. The molecule has 2 aromatic rings. The van der Waals surface area contributed by atoms with Gasteiger partial charge in [0.25, 0.3) is 0 Å². The Morgan fingerprint density at radius 3 is 2.81 bits per heavy atom. The number of aromatic nitrogens is 2. The minimum absolute atomic E-state index is 0.382. The molecule has 1 aromatic carbocycles. The van der Waals surface area contributed by atoms with Crippen LogP contribution in [0.5, 0.6) is 0 Å². The highest BCUT2D eigenvalue weighted by Gasteiger charge is 2.30. The summed E-state index contributed by atoms with van der Waals surface area (Å²) in [4.78, 5) is 0. The molecule has 0 spiro atoms. The summed E-state index contributed by atoms with van der Waals surface area (Å²) in [5, 5.41) is 7.37. The van der Waals surface area contributed by atoms with Crippen LogP contribution in [0, 0.1) is 0 Å². The molecule has 0 atom stereocenters. The smallest absolute Gasteiger partial charge is 0.383 e. The third-order valence-electron chi connectivity index (χ3n) is 2.87. The lowest BCUT2D eigenvalue weighted by Crippen LogP contribution is -2.18. The SMILES string of the molecule is COCCNCc1ccn(-c2cccc(C(F)(F)F)c2)n1. The van der Waals surface area contributed by atoms with E-state index in [0.717, 1.165) is 17.8 Å². The minimum atomic E-state index is -4.35. The molecule has 21 heavy (non-hydrogen) atoms. The summed E-state index contributed by atoms with van der Waals surface area (Å²) in [7, 11) is 1.62. The molecular formula is C14H16F3N3O. The first kappa shape index (κ1) is 15.5. The van der Waals surface area contributed by atoms with Crippen molar-refractivity contribution in [3.63, 3.8) is 0 Å². The third kappa shape index (κ3) is 4.30. The predicted molar refractivity (Wildman–Crippen MR) is 72.1 cm³/mol. The van der Waals surface area contributed by atoms with Gasteiger partial charge in [0.2, 0.25) is 0 Å². The van der Waals surface area contributed by atoms with Crippen molar-refractivity contribution in [2.24, 2.45) is 0 Å². The number of halogens is 3. The number of benzene rings is 1. The van der Waals surface area contributed by atoms with E-state index < -0.39 is 11.7 Å². The van der Waals surface area contributed by atoms with Gasteiger partial charge in [0, 0.05) is 26.4 Å². The largest absolute Gasteiger partial charge is 0.416 e. The maximum atomic E-state index is 12.7. The number of nitrogens with one attached hydrogen (secondary N) is 1. The summed E-state index contributed by atoms with van der Waals surface area (Å²) in [6.45, 7) is 1.82. The highest BCUT2D eigenvalue weighted by Crippen LogP contribution is 2.30. The fraction of sp³-hybridized carbons (Fsp3) is 0.357. The summed E-state index contributed by atoms with van der Waals surface area (Å²) in [6, 6.07) is 6.84. The molecule has 1 N–H and O–H groups in total. The molecule has 114 valence electrons. The Labute approximate surface area is 120 Å². The lowest BCUT2D eigenvalue weighted by Gasteiger charge is -2.08. The zero-order valence-corrected chi connectivity index (χ0v) is 11.5. The van der Waals surface area contributed by atoms with Crippen LogP contribution in [-0.2, 0) is 17.5 Å². The average Bonchev–Trinajstić information content (AvgIpc) is 2.92. The van der Waals surface area contributed by atoms with Crippen LogP contribution in [0.25, 0.3) is 5.69 Å². The first-order valence-corrected chi connectivity index (χ1v) is 6.42. The number of hydrogen-bond acceptors (Lipinski definition) is 3. The van der Waals surface area contributed by atoms with Crippen molar-refractivity contribution in [2.75, 3.05) is 20.3 Å². The van der Waals surface area contributed by atoms with Crippen LogP contribution >= 0.6 is 0 Å². The lowest BCUT2D eigenvalue weighted by atomic mass is 10.2. The topological polar surface area (TPSA) is 39.1 Å². The van der Waals surface area contributed by atoms with Crippen molar-refractivity contribution in [1.82, 2.24) is 15.1 Å². The molecule has 0 aliphatic heterocycles.